The van der Waals surface area contributed by atoms with Crippen LogP contribution < -0.4 is 15.8 Å². The lowest BCUT2D eigenvalue weighted by Gasteiger charge is -2.34. The predicted molar refractivity (Wildman–Crippen MR) is 85.5 cm³/mol. The van der Waals surface area contributed by atoms with Gasteiger partial charge in [-0.15, -0.1) is 0 Å². The fraction of sp³-hybridized carbons (Fsp3) is 0.562. The molecule has 0 aliphatic carbocycles. The number of nitrogens with zero attached hydrogens (tertiary/aromatic N) is 1. The number of piperidine rings is 1. The van der Waals surface area contributed by atoms with Crippen LogP contribution in [0.3, 0.4) is 0 Å². The molecule has 1 aromatic carbocycles. The highest BCUT2D eigenvalue weighted by Gasteiger charge is 2.22. The number of hydrogen-bond acceptors (Lipinski definition) is 4. The maximum Gasteiger partial charge on any atom is 0.238 e. The molecule has 1 aliphatic rings. The average molecular weight is 291 g/mol. The smallest absolute Gasteiger partial charge is 0.238 e. The summed E-state index contributed by atoms with van der Waals surface area (Å²) in [6, 6.07) is 5.81. The van der Waals surface area contributed by atoms with Gasteiger partial charge in [0.05, 0.1) is 25.0 Å². The van der Waals surface area contributed by atoms with E-state index >= 15 is 0 Å². The SMILES string of the molecule is CCC1CCCCN1CC(=O)Nc1ccc(OC)cc1N. The fourth-order valence-corrected chi connectivity index (χ4v) is 2.89. The van der Waals surface area contributed by atoms with Gasteiger partial charge in [0, 0.05) is 12.1 Å². The van der Waals surface area contributed by atoms with Crippen LogP contribution in [0, 0.1) is 0 Å². The number of likely N-dealkylation sites (tertiary alicyclic amines) is 1. The van der Waals surface area contributed by atoms with Gasteiger partial charge >= 0.3 is 0 Å². The van der Waals surface area contributed by atoms with Crippen LogP contribution in [0.4, 0.5) is 11.4 Å². The van der Waals surface area contributed by atoms with Gasteiger partial charge in [0.1, 0.15) is 5.75 Å². The molecule has 5 nitrogen and oxygen atoms in total. The van der Waals surface area contributed by atoms with E-state index in [2.05, 4.69) is 17.1 Å². The molecule has 0 radical (unpaired) electrons. The molecule has 0 bridgehead atoms. The Kier molecular flexibility index (Phi) is 5.44. The maximum absolute atomic E-state index is 12.2. The second kappa shape index (κ2) is 7.31. The van der Waals surface area contributed by atoms with Crippen molar-refractivity contribution in [1.29, 1.82) is 0 Å². The van der Waals surface area contributed by atoms with Crippen molar-refractivity contribution in [1.82, 2.24) is 4.90 Å². The zero-order valence-electron chi connectivity index (χ0n) is 12.9. The molecule has 1 heterocycles. The normalized spacial score (nSPS) is 19.2. The molecule has 5 heteroatoms. The Bertz CT molecular complexity index is 490. The van der Waals surface area contributed by atoms with Gasteiger partial charge in [0.15, 0.2) is 0 Å². The van der Waals surface area contributed by atoms with Crippen LogP contribution in [0.25, 0.3) is 0 Å². The van der Waals surface area contributed by atoms with Gasteiger partial charge in [-0.25, -0.2) is 0 Å². The molecular weight excluding hydrogens is 266 g/mol. The van der Waals surface area contributed by atoms with Crippen molar-refractivity contribution >= 4 is 17.3 Å². The Labute approximate surface area is 126 Å². The van der Waals surface area contributed by atoms with E-state index < -0.39 is 0 Å². The van der Waals surface area contributed by atoms with Crippen LogP contribution in [0.1, 0.15) is 32.6 Å². The first-order valence-electron chi connectivity index (χ1n) is 7.61. The lowest BCUT2D eigenvalue weighted by Crippen LogP contribution is -2.43. The van der Waals surface area contributed by atoms with E-state index in [0.717, 1.165) is 13.0 Å². The number of ether oxygens (including phenoxy) is 1. The number of nitrogen functional groups attached to an aromatic ring is 1. The molecule has 1 unspecified atom stereocenters. The van der Waals surface area contributed by atoms with E-state index in [1.165, 1.54) is 19.3 Å². The van der Waals surface area contributed by atoms with Gasteiger partial charge in [-0.05, 0) is 37.9 Å². The number of methoxy groups -OCH3 is 1. The number of amides is 1. The van der Waals surface area contributed by atoms with Crippen molar-refractivity contribution in [3.05, 3.63) is 18.2 Å². The second-order valence-electron chi connectivity index (χ2n) is 5.53. The number of hydrogen-bond donors (Lipinski definition) is 2. The average Bonchev–Trinajstić information content (AvgIpc) is 2.49. The molecule has 1 aromatic rings. The van der Waals surface area contributed by atoms with Gasteiger partial charge in [-0.1, -0.05) is 13.3 Å². The zero-order valence-corrected chi connectivity index (χ0v) is 12.9. The summed E-state index contributed by atoms with van der Waals surface area (Å²) in [7, 11) is 1.59. The topological polar surface area (TPSA) is 67.6 Å². The summed E-state index contributed by atoms with van der Waals surface area (Å²) in [4.78, 5) is 14.5. The van der Waals surface area contributed by atoms with Crippen LogP contribution in [0.5, 0.6) is 5.75 Å². The first-order valence-corrected chi connectivity index (χ1v) is 7.61. The quantitative estimate of drug-likeness (QED) is 0.818. The van der Waals surface area contributed by atoms with Gasteiger partial charge in [0.25, 0.3) is 0 Å². The maximum atomic E-state index is 12.2. The van der Waals surface area contributed by atoms with Crippen molar-refractivity contribution in [3.63, 3.8) is 0 Å². The highest BCUT2D eigenvalue weighted by molar-refractivity contribution is 5.95. The number of benzene rings is 1. The first-order chi connectivity index (χ1) is 10.1. The van der Waals surface area contributed by atoms with Crippen LogP contribution in [-0.4, -0.2) is 37.0 Å². The van der Waals surface area contributed by atoms with Crippen molar-refractivity contribution < 1.29 is 9.53 Å². The lowest BCUT2D eigenvalue weighted by molar-refractivity contribution is -0.118. The number of nitrogens with two attached hydrogens (primary N) is 1. The van der Waals surface area contributed by atoms with Crippen molar-refractivity contribution in [2.75, 3.05) is 31.2 Å². The van der Waals surface area contributed by atoms with Crippen molar-refractivity contribution in [2.45, 2.75) is 38.6 Å². The largest absolute Gasteiger partial charge is 0.497 e. The zero-order chi connectivity index (χ0) is 15.2. The third kappa shape index (κ3) is 4.11. The first kappa shape index (κ1) is 15.6. The lowest BCUT2D eigenvalue weighted by atomic mass is 10.00. The third-order valence-corrected chi connectivity index (χ3v) is 4.10. The van der Waals surface area contributed by atoms with E-state index in [-0.39, 0.29) is 5.91 Å². The monoisotopic (exact) mass is 291 g/mol. The van der Waals surface area contributed by atoms with E-state index in [0.29, 0.717) is 29.7 Å². The summed E-state index contributed by atoms with van der Waals surface area (Å²) in [5, 5.41) is 2.89. The molecule has 3 N–H and O–H groups in total. The molecular formula is C16H25N3O2. The second-order valence-corrected chi connectivity index (χ2v) is 5.53. The minimum absolute atomic E-state index is 0.00721. The molecule has 2 rings (SSSR count). The minimum atomic E-state index is -0.00721. The van der Waals surface area contributed by atoms with E-state index in [4.69, 9.17) is 10.5 Å². The van der Waals surface area contributed by atoms with Crippen molar-refractivity contribution in [2.24, 2.45) is 0 Å². The van der Waals surface area contributed by atoms with E-state index in [1.54, 1.807) is 25.3 Å². The summed E-state index contributed by atoms with van der Waals surface area (Å²) in [5.74, 6) is 0.680. The van der Waals surface area contributed by atoms with Gasteiger partial charge in [-0.3, -0.25) is 9.69 Å². The Hall–Kier alpha value is -1.75. The van der Waals surface area contributed by atoms with Crippen LogP contribution >= 0.6 is 0 Å². The fourth-order valence-electron chi connectivity index (χ4n) is 2.89. The molecule has 0 aromatic heterocycles. The Morgan fingerprint density at radius 2 is 2.29 bits per heavy atom. The number of carbonyl (C=O) groups is 1. The highest BCUT2D eigenvalue weighted by Crippen LogP contribution is 2.24. The van der Waals surface area contributed by atoms with Crippen LogP contribution in [0.2, 0.25) is 0 Å². The third-order valence-electron chi connectivity index (χ3n) is 4.10. The van der Waals surface area contributed by atoms with Gasteiger partial charge < -0.3 is 15.8 Å². The van der Waals surface area contributed by atoms with Crippen molar-refractivity contribution in [3.8, 4) is 5.75 Å². The van der Waals surface area contributed by atoms with E-state index in [1.807, 2.05) is 0 Å². The Morgan fingerprint density at radius 1 is 1.48 bits per heavy atom. The van der Waals surface area contributed by atoms with Gasteiger partial charge in [0.2, 0.25) is 5.91 Å². The predicted octanol–water partition coefficient (Wildman–Crippen LogP) is 2.48. The molecule has 1 atom stereocenters. The number of rotatable bonds is 5. The van der Waals surface area contributed by atoms with Gasteiger partial charge in [-0.2, -0.15) is 0 Å². The molecule has 1 amide bonds. The Morgan fingerprint density at radius 3 is 2.95 bits per heavy atom. The molecule has 1 saturated heterocycles. The molecule has 1 fully saturated rings. The molecule has 1 aliphatic heterocycles. The molecule has 21 heavy (non-hydrogen) atoms. The summed E-state index contributed by atoms with van der Waals surface area (Å²) < 4.78 is 5.10. The highest BCUT2D eigenvalue weighted by atomic mass is 16.5. The minimum Gasteiger partial charge on any atom is -0.497 e. The van der Waals surface area contributed by atoms with Crippen LogP contribution in [-0.2, 0) is 4.79 Å². The standard InChI is InChI=1S/C16H25N3O2/c1-3-12-6-4-5-9-19(12)11-16(20)18-15-8-7-13(21-2)10-14(15)17/h7-8,10,12H,3-6,9,11,17H2,1-2H3,(H,18,20). The summed E-state index contributed by atoms with van der Waals surface area (Å²) in [5.41, 5.74) is 7.09. The number of anilines is 2. The number of nitrogens with one attached hydrogen (secondary N) is 1. The number of carbonyl (C=O) groups excluding carboxylic acids is 1. The molecule has 0 spiro atoms. The Balaban J connectivity index is 1.95. The summed E-state index contributed by atoms with van der Waals surface area (Å²) in [6.45, 7) is 3.62. The molecule has 116 valence electrons. The summed E-state index contributed by atoms with van der Waals surface area (Å²) >= 11 is 0. The van der Waals surface area contributed by atoms with Crippen LogP contribution in [0.15, 0.2) is 18.2 Å². The summed E-state index contributed by atoms with van der Waals surface area (Å²) in [6.07, 6.45) is 4.73. The molecule has 0 saturated carbocycles. The van der Waals surface area contributed by atoms with E-state index in [9.17, 15) is 4.79 Å².